The number of likely N-dealkylation sites (tertiary alicyclic amines) is 1. The van der Waals surface area contributed by atoms with Crippen LogP contribution in [0.4, 0.5) is 0 Å². The molecule has 0 spiro atoms. The number of nitrogens with zero attached hydrogens (tertiary/aromatic N) is 2. The molecule has 0 bridgehead atoms. The zero-order valence-electron chi connectivity index (χ0n) is 8.73. The molecule has 2 heterocycles. The highest BCUT2D eigenvalue weighted by atomic mass is 16.5. The lowest BCUT2D eigenvalue weighted by molar-refractivity contribution is 0.0354. The van der Waals surface area contributed by atoms with Crippen LogP contribution in [0.2, 0.25) is 0 Å². The topological polar surface area (TPSA) is 25.4 Å². The van der Waals surface area contributed by atoms with Crippen molar-refractivity contribution in [2.24, 2.45) is 0 Å². The van der Waals surface area contributed by atoms with E-state index in [1.165, 1.54) is 0 Å². The predicted octanol–water partition coefficient (Wildman–Crippen LogP) is 1.34. The molecule has 1 fully saturated rings. The molecule has 0 amide bonds. The van der Waals surface area contributed by atoms with E-state index < -0.39 is 0 Å². The monoisotopic (exact) mass is 192 g/mol. The van der Waals surface area contributed by atoms with Gasteiger partial charge in [0.1, 0.15) is 6.10 Å². The summed E-state index contributed by atoms with van der Waals surface area (Å²) in [5, 5.41) is 0. The van der Waals surface area contributed by atoms with E-state index in [1.54, 1.807) is 0 Å². The van der Waals surface area contributed by atoms with Crippen LogP contribution in [-0.2, 0) is 6.42 Å². The maximum absolute atomic E-state index is 5.71. The van der Waals surface area contributed by atoms with E-state index in [4.69, 9.17) is 4.74 Å². The van der Waals surface area contributed by atoms with Gasteiger partial charge in [0.25, 0.3) is 0 Å². The SMILES string of the molecule is CCc1cccc(OC2CN(C)C2)n1. The number of aryl methyl sites for hydroxylation is 1. The van der Waals surface area contributed by atoms with Crippen LogP contribution >= 0.6 is 0 Å². The average molecular weight is 192 g/mol. The quantitative estimate of drug-likeness (QED) is 0.722. The largest absolute Gasteiger partial charge is 0.472 e. The van der Waals surface area contributed by atoms with Crippen molar-refractivity contribution >= 4 is 0 Å². The molecule has 76 valence electrons. The van der Waals surface area contributed by atoms with Gasteiger partial charge in [0.2, 0.25) is 5.88 Å². The fraction of sp³-hybridized carbons (Fsp3) is 0.545. The lowest BCUT2D eigenvalue weighted by Crippen LogP contribution is -2.51. The second-order valence-corrected chi connectivity index (χ2v) is 3.78. The van der Waals surface area contributed by atoms with Crippen LogP contribution in [0.5, 0.6) is 5.88 Å². The van der Waals surface area contributed by atoms with Crippen LogP contribution in [0.3, 0.4) is 0 Å². The highest BCUT2D eigenvalue weighted by molar-refractivity contribution is 5.16. The Bertz CT molecular complexity index is 308. The lowest BCUT2D eigenvalue weighted by Gasteiger charge is -2.35. The molecule has 1 aliphatic rings. The van der Waals surface area contributed by atoms with Gasteiger partial charge in [-0.25, -0.2) is 4.98 Å². The Kier molecular flexibility index (Phi) is 2.68. The Balaban J connectivity index is 1.95. The first-order valence-corrected chi connectivity index (χ1v) is 5.09. The molecule has 14 heavy (non-hydrogen) atoms. The van der Waals surface area contributed by atoms with Crippen molar-refractivity contribution in [3.05, 3.63) is 23.9 Å². The van der Waals surface area contributed by atoms with Gasteiger partial charge in [-0.1, -0.05) is 13.0 Å². The molecule has 1 aromatic heterocycles. The van der Waals surface area contributed by atoms with Gasteiger partial charge in [0.15, 0.2) is 0 Å². The van der Waals surface area contributed by atoms with Crippen molar-refractivity contribution in [2.45, 2.75) is 19.4 Å². The zero-order valence-corrected chi connectivity index (χ0v) is 8.73. The molecular formula is C11H16N2O. The lowest BCUT2D eigenvalue weighted by atomic mass is 10.2. The summed E-state index contributed by atoms with van der Waals surface area (Å²) < 4.78 is 5.71. The summed E-state index contributed by atoms with van der Waals surface area (Å²) in [4.78, 5) is 6.63. The van der Waals surface area contributed by atoms with Gasteiger partial charge < -0.3 is 4.74 Å². The standard InChI is InChI=1S/C11H16N2O/c1-3-9-5-4-6-11(12-9)14-10-7-13(2)8-10/h4-6,10H,3,7-8H2,1-2H3. The van der Waals surface area contributed by atoms with Crippen LogP contribution in [0, 0.1) is 0 Å². The second-order valence-electron chi connectivity index (χ2n) is 3.78. The molecule has 3 nitrogen and oxygen atoms in total. The molecule has 1 saturated heterocycles. The van der Waals surface area contributed by atoms with Crippen molar-refractivity contribution in [1.29, 1.82) is 0 Å². The Morgan fingerprint density at radius 1 is 1.50 bits per heavy atom. The van der Waals surface area contributed by atoms with Gasteiger partial charge in [-0.3, -0.25) is 4.90 Å². The molecule has 2 rings (SSSR count). The van der Waals surface area contributed by atoms with Gasteiger partial charge in [-0.15, -0.1) is 0 Å². The van der Waals surface area contributed by atoms with Gasteiger partial charge in [0, 0.05) is 24.8 Å². The second kappa shape index (κ2) is 3.96. The van der Waals surface area contributed by atoms with Crippen LogP contribution < -0.4 is 4.74 Å². The maximum atomic E-state index is 5.71. The number of hydrogen-bond donors (Lipinski definition) is 0. The van der Waals surface area contributed by atoms with E-state index in [1.807, 2.05) is 18.2 Å². The first kappa shape index (κ1) is 9.46. The molecule has 0 N–H and O–H groups in total. The first-order valence-electron chi connectivity index (χ1n) is 5.09. The van der Waals surface area contributed by atoms with E-state index in [2.05, 4.69) is 23.9 Å². The normalized spacial score (nSPS) is 17.9. The minimum Gasteiger partial charge on any atom is -0.472 e. The molecule has 0 aliphatic carbocycles. The molecule has 0 aromatic carbocycles. The van der Waals surface area contributed by atoms with E-state index >= 15 is 0 Å². The van der Waals surface area contributed by atoms with Crippen LogP contribution in [0.15, 0.2) is 18.2 Å². The van der Waals surface area contributed by atoms with Crippen molar-refractivity contribution in [2.75, 3.05) is 20.1 Å². The molecule has 0 saturated carbocycles. The van der Waals surface area contributed by atoms with Gasteiger partial charge in [0.05, 0.1) is 0 Å². The smallest absolute Gasteiger partial charge is 0.213 e. The number of pyridine rings is 1. The van der Waals surface area contributed by atoms with Crippen molar-refractivity contribution in [1.82, 2.24) is 9.88 Å². The minimum absolute atomic E-state index is 0.333. The summed E-state index contributed by atoms with van der Waals surface area (Å²) in [6, 6.07) is 5.96. The fourth-order valence-corrected chi connectivity index (χ4v) is 1.61. The van der Waals surface area contributed by atoms with E-state index in [0.717, 1.165) is 31.1 Å². The van der Waals surface area contributed by atoms with Crippen molar-refractivity contribution in [3.63, 3.8) is 0 Å². The van der Waals surface area contributed by atoms with Gasteiger partial charge in [-0.05, 0) is 19.5 Å². The average Bonchev–Trinajstić information content (AvgIpc) is 2.16. The number of likely N-dealkylation sites (N-methyl/N-ethyl adjacent to an activating group) is 1. The molecule has 0 atom stereocenters. The highest BCUT2D eigenvalue weighted by Crippen LogP contribution is 2.14. The summed E-state index contributed by atoms with van der Waals surface area (Å²) in [6.07, 6.45) is 1.29. The van der Waals surface area contributed by atoms with Crippen molar-refractivity contribution in [3.8, 4) is 5.88 Å². The Labute approximate surface area is 84.7 Å². The summed E-state index contributed by atoms with van der Waals surface area (Å²) >= 11 is 0. The zero-order chi connectivity index (χ0) is 9.97. The molecular weight excluding hydrogens is 176 g/mol. The minimum atomic E-state index is 0.333. The summed E-state index contributed by atoms with van der Waals surface area (Å²) in [5.74, 6) is 0.766. The molecule has 3 heteroatoms. The third kappa shape index (κ3) is 2.04. The summed E-state index contributed by atoms with van der Waals surface area (Å²) in [5.41, 5.74) is 1.09. The fourth-order valence-electron chi connectivity index (χ4n) is 1.61. The number of ether oxygens (including phenoxy) is 1. The molecule has 1 aliphatic heterocycles. The Morgan fingerprint density at radius 3 is 2.93 bits per heavy atom. The highest BCUT2D eigenvalue weighted by Gasteiger charge is 2.25. The van der Waals surface area contributed by atoms with Crippen LogP contribution in [0.1, 0.15) is 12.6 Å². The summed E-state index contributed by atoms with van der Waals surface area (Å²) in [6.45, 7) is 4.12. The number of hydrogen-bond acceptors (Lipinski definition) is 3. The summed E-state index contributed by atoms with van der Waals surface area (Å²) in [7, 11) is 2.09. The Morgan fingerprint density at radius 2 is 2.29 bits per heavy atom. The Hall–Kier alpha value is -1.09. The molecule has 0 unspecified atom stereocenters. The maximum Gasteiger partial charge on any atom is 0.213 e. The number of rotatable bonds is 3. The number of aromatic nitrogens is 1. The van der Waals surface area contributed by atoms with Gasteiger partial charge in [-0.2, -0.15) is 0 Å². The van der Waals surface area contributed by atoms with E-state index in [9.17, 15) is 0 Å². The predicted molar refractivity (Wildman–Crippen MR) is 55.5 cm³/mol. The first-order chi connectivity index (χ1) is 6.78. The third-order valence-electron chi connectivity index (χ3n) is 2.46. The molecule has 1 aromatic rings. The third-order valence-corrected chi connectivity index (χ3v) is 2.46. The van der Waals surface area contributed by atoms with Crippen LogP contribution in [-0.4, -0.2) is 36.1 Å². The van der Waals surface area contributed by atoms with E-state index in [0.29, 0.717) is 6.10 Å². The van der Waals surface area contributed by atoms with Crippen LogP contribution in [0.25, 0.3) is 0 Å². The molecule has 0 radical (unpaired) electrons. The van der Waals surface area contributed by atoms with Gasteiger partial charge >= 0.3 is 0 Å². The van der Waals surface area contributed by atoms with E-state index in [-0.39, 0.29) is 0 Å². The van der Waals surface area contributed by atoms with Crippen molar-refractivity contribution < 1.29 is 4.74 Å².